The number of fused-ring (bicyclic) bond motifs is 2. The molecule has 0 fully saturated rings. The number of aryl methyl sites for hydroxylation is 1. The smallest absolute Gasteiger partial charge is 0.213 e. The average molecular weight is 331 g/mol. The van der Waals surface area contributed by atoms with Crippen LogP contribution in [-0.4, -0.2) is 24.1 Å². The van der Waals surface area contributed by atoms with Gasteiger partial charge in [-0.1, -0.05) is 29.5 Å². The second-order valence-electron chi connectivity index (χ2n) is 5.67. The number of para-hydroxylation sites is 1. The van der Waals surface area contributed by atoms with Crippen molar-refractivity contribution >= 4 is 27.2 Å². The van der Waals surface area contributed by atoms with Gasteiger partial charge in [-0.2, -0.15) is 5.10 Å². The Morgan fingerprint density at radius 1 is 1.04 bits per heavy atom. The fourth-order valence-corrected chi connectivity index (χ4v) is 3.88. The van der Waals surface area contributed by atoms with Crippen LogP contribution in [0.25, 0.3) is 37.7 Å². The third-order valence-corrected chi connectivity index (χ3v) is 5.08. The minimum absolute atomic E-state index is 0.886. The topological polar surface area (TPSA) is 48.0 Å². The number of aromatic nitrogens is 5. The van der Waals surface area contributed by atoms with Crippen LogP contribution in [0.5, 0.6) is 0 Å². The van der Waals surface area contributed by atoms with Gasteiger partial charge in [0.25, 0.3) is 0 Å². The van der Waals surface area contributed by atoms with Crippen LogP contribution in [-0.2, 0) is 7.05 Å². The van der Waals surface area contributed by atoms with Crippen LogP contribution in [0.2, 0.25) is 0 Å². The highest BCUT2D eigenvalue weighted by molar-refractivity contribution is 7.20. The van der Waals surface area contributed by atoms with E-state index in [1.54, 1.807) is 17.5 Å². The number of rotatable bonds is 2. The van der Waals surface area contributed by atoms with Gasteiger partial charge < -0.3 is 4.57 Å². The quantitative estimate of drug-likeness (QED) is 0.491. The van der Waals surface area contributed by atoms with Crippen molar-refractivity contribution in [3.63, 3.8) is 0 Å². The molecule has 0 saturated carbocycles. The molecule has 0 N–H and O–H groups in total. The molecule has 0 aliphatic carbocycles. The maximum Gasteiger partial charge on any atom is 0.213 e. The first-order valence-corrected chi connectivity index (χ1v) is 8.42. The Hall–Kier alpha value is -2.99. The highest BCUT2D eigenvalue weighted by Gasteiger charge is 2.15. The molecule has 0 atom stereocenters. The van der Waals surface area contributed by atoms with Gasteiger partial charge in [-0.05, 0) is 18.2 Å². The standard InChI is InChI=1S/C18H13N5S/c1-22-10-14(13-6-2-3-7-16(13)22)17-21-23-11-15(20-18(23)24-17)12-5-4-8-19-9-12/h2-11H,1H3. The number of hydrogen-bond acceptors (Lipinski definition) is 4. The van der Waals surface area contributed by atoms with Crippen LogP contribution in [0.1, 0.15) is 0 Å². The molecule has 0 aliphatic rings. The first kappa shape index (κ1) is 13.4. The molecule has 116 valence electrons. The summed E-state index contributed by atoms with van der Waals surface area (Å²) in [6.45, 7) is 0. The molecular weight excluding hydrogens is 318 g/mol. The summed E-state index contributed by atoms with van der Waals surface area (Å²) >= 11 is 1.60. The third-order valence-electron chi connectivity index (χ3n) is 4.13. The third kappa shape index (κ3) is 1.97. The maximum absolute atomic E-state index is 4.73. The maximum atomic E-state index is 4.73. The van der Waals surface area contributed by atoms with E-state index < -0.39 is 0 Å². The highest BCUT2D eigenvalue weighted by atomic mass is 32.1. The molecule has 5 rings (SSSR count). The van der Waals surface area contributed by atoms with Crippen LogP contribution in [0.3, 0.4) is 0 Å². The van der Waals surface area contributed by atoms with Gasteiger partial charge in [-0.3, -0.25) is 4.98 Å². The first-order chi connectivity index (χ1) is 11.8. The predicted octanol–water partition coefficient (Wildman–Crippen LogP) is 4.01. The second kappa shape index (κ2) is 5.01. The number of imidazole rings is 1. The van der Waals surface area contributed by atoms with Crippen molar-refractivity contribution in [2.24, 2.45) is 7.05 Å². The van der Waals surface area contributed by atoms with Gasteiger partial charge in [-0.15, -0.1) is 0 Å². The van der Waals surface area contributed by atoms with Gasteiger partial charge in [0, 0.05) is 47.7 Å². The van der Waals surface area contributed by atoms with Crippen molar-refractivity contribution in [3.05, 3.63) is 61.2 Å². The summed E-state index contributed by atoms with van der Waals surface area (Å²) in [5, 5.41) is 6.92. The monoisotopic (exact) mass is 331 g/mol. The minimum atomic E-state index is 0.886. The number of benzene rings is 1. The van der Waals surface area contributed by atoms with Crippen molar-refractivity contribution in [1.29, 1.82) is 0 Å². The van der Waals surface area contributed by atoms with Crippen LogP contribution in [0, 0.1) is 0 Å². The molecule has 0 radical (unpaired) electrons. The van der Waals surface area contributed by atoms with Gasteiger partial charge >= 0.3 is 0 Å². The Bertz CT molecular complexity index is 1130. The highest BCUT2D eigenvalue weighted by Crippen LogP contribution is 2.33. The average Bonchev–Trinajstić information content (AvgIpc) is 3.27. The minimum Gasteiger partial charge on any atom is -0.350 e. The largest absolute Gasteiger partial charge is 0.350 e. The molecule has 4 heterocycles. The van der Waals surface area contributed by atoms with Gasteiger partial charge in [0.2, 0.25) is 4.96 Å². The van der Waals surface area contributed by atoms with Crippen molar-refractivity contribution in [1.82, 2.24) is 24.1 Å². The zero-order valence-corrected chi connectivity index (χ0v) is 13.7. The molecule has 4 aromatic heterocycles. The van der Waals surface area contributed by atoms with E-state index in [0.29, 0.717) is 0 Å². The van der Waals surface area contributed by atoms with E-state index in [0.717, 1.165) is 26.8 Å². The van der Waals surface area contributed by atoms with Crippen molar-refractivity contribution < 1.29 is 0 Å². The van der Waals surface area contributed by atoms with Crippen LogP contribution >= 0.6 is 11.3 Å². The van der Waals surface area contributed by atoms with Gasteiger partial charge in [0.05, 0.1) is 11.9 Å². The number of nitrogens with zero attached hydrogens (tertiary/aromatic N) is 5. The van der Waals surface area contributed by atoms with Gasteiger partial charge in [0.15, 0.2) is 0 Å². The molecule has 0 aliphatic heterocycles. The molecule has 0 saturated heterocycles. The normalized spacial score (nSPS) is 11.5. The molecule has 0 unspecified atom stereocenters. The Morgan fingerprint density at radius 3 is 2.79 bits per heavy atom. The fourth-order valence-electron chi connectivity index (χ4n) is 2.97. The van der Waals surface area contributed by atoms with Crippen molar-refractivity contribution in [2.45, 2.75) is 0 Å². The molecular formula is C18H13N5S. The lowest BCUT2D eigenvalue weighted by Crippen LogP contribution is -1.83. The SMILES string of the molecule is Cn1cc(-c2nn3cc(-c4cccnc4)nc3s2)c2ccccc21. The summed E-state index contributed by atoms with van der Waals surface area (Å²) in [5.41, 5.74) is 4.25. The Morgan fingerprint density at radius 2 is 1.96 bits per heavy atom. The number of pyridine rings is 1. The van der Waals surface area contributed by atoms with E-state index in [2.05, 4.69) is 52.0 Å². The molecule has 0 amide bonds. The Balaban J connectivity index is 1.64. The molecule has 1 aromatic carbocycles. The van der Waals surface area contributed by atoms with E-state index >= 15 is 0 Å². The lowest BCUT2D eigenvalue weighted by Gasteiger charge is -1.94. The zero-order chi connectivity index (χ0) is 16.1. The van der Waals surface area contributed by atoms with Gasteiger partial charge in [-0.25, -0.2) is 9.50 Å². The molecule has 6 heteroatoms. The Kier molecular flexibility index (Phi) is 2.80. The predicted molar refractivity (Wildman–Crippen MR) is 96.0 cm³/mol. The molecule has 5 aromatic rings. The summed E-state index contributed by atoms with van der Waals surface area (Å²) in [6.07, 6.45) is 7.67. The zero-order valence-electron chi connectivity index (χ0n) is 12.9. The van der Waals surface area contributed by atoms with E-state index in [1.807, 2.05) is 29.0 Å². The number of hydrogen-bond donors (Lipinski definition) is 0. The van der Waals surface area contributed by atoms with Crippen molar-refractivity contribution in [2.75, 3.05) is 0 Å². The Labute approximate surface area is 141 Å². The molecule has 0 bridgehead atoms. The van der Waals surface area contributed by atoms with E-state index in [4.69, 9.17) is 5.10 Å². The summed E-state index contributed by atoms with van der Waals surface area (Å²) in [7, 11) is 2.06. The fraction of sp³-hybridized carbons (Fsp3) is 0.0556. The van der Waals surface area contributed by atoms with Crippen LogP contribution < -0.4 is 0 Å². The summed E-state index contributed by atoms with van der Waals surface area (Å²) in [6, 6.07) is 12.3. The molecule has 24 heavy (non-hydrogen) atoms. The first-order valence-electron chi connectivity index (χ1n) is 7.61. The van der Waals surface area contributed by atoms with E-state index in [-0.39, 0.29) is 0 Å². The van der Waals surface area contributed by atoms with Gasteiger partial charge in [0.1, 0.15) is 5.01 Å². The van der Waals surface area contributed by atoms with E-state index in [9.17, 15) is 0 Å². The summed E-state index contributed by atoms with van der Waals surface area (Å²) < 4.78 is 3.99. The lowest BCUT2D eigenvalue weighted by atomic mass is 10.2. The summed E-state index contributed by atoms with van der Waals surface area (Å²) in [4.78, 5) is 9.72. The van der Waals surface area contributed by atoms with Crippen LogP contribution in [0.15, 0.2) is 61.2 Å². The summed E-state index contributed by atoms with van der Waals surface area (Å²) in [5.74, 6) is 0. The van der Waals surface area contributed by atoms with Crippen molar-refractivity contribution in [3.8, 4) is 21.8 Å². The molecule has 5 nitrogen and oxygen atoms in total. The van der Waals surface area contributed by atoms with E-state index in [1.165, 1.54) is 10.9 Å². The molecule has 0 spiro atoms. The second-order valence-corrected chi connectivity index (χ2v) is 6.63. The van der Waals surface area contributed by atoms with Crippen LogP contribution in [0.4, 0.5) is 0 Å². The lowest BCUT2D eigenvalue weighted by molar-refractivity contribution is 0.961.